The van der Waals surface area contributed by atoms with Gasteiger partial charge in [0.25, 0.3) is 0 Å². The van der Waals surface area contributed by atoms with Gasteiger partial charge in [-0.3, -0.25) is 4.68 Å². The molecule has 2 rings (SSSR count). The summed E-state index contributed by atoms with van der Waals surface area (Å²) in [5, 5.41) is 5.38. The Morgan fingerprint density at radius 3 is 2.92 bits per heavy atom. The predicted octanol–water partition coefficient (Wildman–Crippen LogP) is 1.34. The highest BCUT2D eigenvalue weighted by Gasteiger charge is 2.05. The van der Waals surface area contributed by atoms with E-state index in [4.69, 9.17) is 5.73 Å². The van der Waals surface area contributed by atoms with Crippen molar-refractivity contribution >= 4 is 10.9 Å². The van der Waals surface area contributed by atoms with E-state index < -0.39 is 0 Å². The molecule has 1 heterocycles. The predicted molar refractivity (Wildman–Crippen MR) is 53.3 cm³/mol. The van der Waals surface area contributed by atoms with Gasteiger partial charge in [-0.05, 0) is 24.1 Å². The number of rotatable bonds is 1. The number of nitrogens with zero attached hydrogens (tertiary/aromatic N) is 2. The zero-order valence-electron chi connectivity index (χ0n) is 7.91. The molecule has 0 aliphatic carbocycles. The number of benzene rings is 1. The Hall–Kier alpha value is -1.35. The van der Waals surface area contributed by atoms with Crippen LogP contribution in [0.2, 0.25) is 0 Å². The van der Waals surface area contributed by atoms with Crippen LogP contribution in [0.1, 0.15) is 11.1 Å². The highest BCUT2D eigenvalue weighted by atomic mass is 15.2. The van der Waals surface area contributed by atoms with Crippen LogP contribution in [0.5, 0.6) is 0 Å². The minimum Gasteiger partial charge on any atom is -0.326 e. The molecule has 0 bridgehead atoms. The number of fused-ring (bicyclic) bond motifs is 1. The van der Waals surface area contributed by atoms with Crippen molar-refractivity contribution in [2.45, 2.75) is 13.5 Å². The van der Waals surface area contributed by atoms with Gasteiger partial charge in [-0.2, -0.15) is 5.10 Å². The Bertz CT molecular complexity index is 443. The van der Waals surface area contributed by atoms with E-state index in [1.54, 1.807) is 0 Å². The molecule has 3 nitrogen and oxygen atoms in total. The molecule has 0 aliphatic heterocycles. The van der Waals surface area contributed by atoms with E-state index in [9.17, 15) is 0 Å². The minimum absolute atomic E-state index is 0.578. The zero-order valence-corrected chi connectivity index (χ0v) is 7.91. The Balaban J connectivity index is 2.85. The second kappa shape index (κ2) is 2.85. The van der Waals surface area contributed by atoms with Crippen LogP contribution in [0.15, 0.2) is 18.3 Å². The Labute approximate surface area is 77.2 Å². The molecule has 2 aromatic rings. The number of aromatic nitrogens is 2. The van der Waals surface area contributed by atoms with E-state index in [2.05, 4.69) is 24.2 Å². The summed E-state index contributed by atoms with van der Waals surface area (Å²) in [4.78, 5) is 0. The van der Waals surface area contributed by atoms with Crippen LogP contribution in [0.3, 0.4) is 0 Å². The van der Waals surface area contributed by atoms with Crippen LogP contribution >= 0.6 is 0 Å². The van der Waals surface area contributed by atoms with E-state index in [0.29, 0.717) is 6.54 Å². The van der Waals surface area contributed by atoms with E-state index >= 15 is 0 Å². The third-order valence-corrected chi connectivity index (χ3v) is 2.48. The molecule has 3 heteroatoms. The number of nitrogens with two attached hydrogens (primary N) is 1. The van der Waals surface area contributed by atoms with Crippen LogP contribution in [-0.4, -0.2) is 9.78 Å². The molecule has 1 aromatic heterocycles. The van der Waals surface area contributed by atoms with Crippen molar-refractivity contribution in [2.24, 2.45) is 12.8 Å². The average Bonchev–Trinajstić information content (AvgIpc) is 2.48. The zero-order chi connectivity index (χ0) is 9.42. The fourth-order valence-electron chi connectivity index (χ4n) is 1.67. The first-order chi connectivity index (χ1) is 6.24. The van der Waals surface area contributed by atoms with Crippen LogP contribution in [0.4, 0.5) is 0 Å². The molecule has 68 valence electrons. The normalized spacial score (nSPS) is 11.0. The largest absolute Gasteiger partial charge is 0.326 e. The maximum absolute atomic E-state index is 5.69. The molecule has 0 amide bonds. The number of hydrogen-bond acceptors (Lipinski definition) is 2. The first-order valence-corrected chi connectivity index (χ1v) is 4.34. The smallest absolute Gasteiger partial charge is 0.0682 e. The summed E-state index contributed by atoms with van der Waals surface area (Å²) in [6.45, 7) is 2.66. The fraction of sp³-hybridized carbons (Fsp3) is 0.300. The SMILES string of the molecule is Cc1ccc2c(cnn2C)c1CN. The second-order valence-corrected chi connectivity index (χ2v) is 3.27. The minimum atomic E-state index is 0.578. The lowest BCUT2D eigenvalue weighted by atomic mass is 10.0. The van der Waals surface area contributed by atoms with Crippen LogP contribution < -0.4 is 5.73 Å². The van der Waals surface area contributed by atoms with E-state index in [1.807, 2.05) is 17.9 Å². The molecule has 0 aliphatic rings. The van der Waals surface area contributed by atoms with E-state index in [-0.39, 0.29) is 0 Å². The summed E-state index contributed by atoms with van der Waals surface area (Å²) >= 11 is 0. The van der Waals surface area contributed by atoms with Crippen molar-refractivity contribution in [3.05, 3.63) is 29.5 Å². The van der Waals surface area contributed by atoms with Gasteiger partial charge in [0.1, 0.15) is 0 Å². The van der Waals surface area contributed by atoms with E-state index in [0.717, 1.165) is 5.52 Å². The topological polar surface area (TPSA) is 43.8 Å². The van der Waals surface area contributed by atoms with Crippen molar-refractivity contribution in [3.63, 3.8) is 0 Å². The first kappa shape index (κ1) is 8.26. The summed E-state index contributed by atoms with van der Waals surface area (Å²) in [5.74, 6) is 0. The molecule has 0 fully saturated rings. The van der Waals surface area contributed by atoms with Gasteiger partial charge in [0.2, 0.25) is 0 Å². The molecule has 0 unspecified atom stereocenters. The van der Waals surface area contributed by atoms with Gasteiger partial charge < -0.3 is 5.73 Å². The van der Waals surface area contributed by atoms with Crippen LogP contribution in [0, 0.1) is 6.92 Å². The molecule has 0 atom stereocenters. The van der Waals surface area contributed by atoms with Crippen molar-refractivity contribution in [1.29, 1.82) is 0 Å². The van der Waals surface area contributed by atoms with Crippen LogP contribution in [0.25, 0.3) is 10.9 Å². The van der Waals surface area contributed by atoms with Crippen molar-refractivity contribution in [1.82, 2.24) is 9.78 Å². The summed E-state index contributed by atoms with van der Waals surface area (Å²) in [5.41, 5.74) is 9.27. The van der Waals surface area contributed by atoms with E-state index in [1.165, 1.54) is 16.5 Å². The third-order valence-electron chi connectivity index (χ3n) is 2.48. The molecule has 13 heavy (non-hydrogen) atoms. The molecular formula is C10H13N3. The van der Waals surface area contributed by atoms with Gasteiger partial charge in [0.15, 0.2) is 0 Å². The van der Waals surface area contributed by atoms with Gasteiger partial charge in [0, 0.05) is 19.0 Å². The Morgan fingerprint density at radius 1 is 1.46 bits per heavy atom. The Kier molecular flexibility index (Phi) is 1.81. The van der Waals surface area contributed by atoms with Gasteiger partial charge in [-0.15, -0.1) is 0 Å². The molecule has 2 N–H and O–H groups in total. The third kappa shape index (κ3) is 1.12. The summed E-state index contributed by atoms with van der Waals surface area (Å²) < 4.78 is 1.87. The highest BCUT2D eigenvalue weighted by Crippen LogP contribution is 2.20. The molecule has 0 radical (unpaired) electrons. The highest BCUT2D eigenvalue weighted by molar-refractivity contribution is 5.83. The Morgan fingerprint density at radius 2 is 2.23 bits per heavy atom. The monoisotopic (exact) mass is 175 g/mol. The van der Waals surface area contributed by atoms with Gasteiger partial charge in [-0.25, -0.2) is 0 Å². The summed E-state index contributed by atoms with van der Waals surface area (Å²) in [7, 11) is 1.94. The lowest BCUT2D eigenvalue weighted by Gasteiger charge is -2.04. The van der Waals surface area contributed by atoms with Gasteiger partial charge in [-0.1, -0.05) is 6.07 Å². The standard InChI is InChI=1S/C10H13N3/c1-7-3-4-10-9(8(7)5-11)6-12-13(10)2/h3-4,6H,5,11H2,1-2H3. The van der Waals surface area contributed by atoms with Crippen LogP contribution in [-0.2, 0) is 13.6 Å². The van der Waals surface area contributed by atoms with Gasteiger partial charge in [0.05, 0.1) is 11.7 Å². The van der Waals surface area contributed by atoms with Crippen molar-refractivity contribution in [2.75, 3.05) is 0 Å². The molecule has 0 saturated heterocycles. The van der Waals surface area contributed by atoms with Crippen molar-refractivity contribution in [3.8, 4) is 0 Å². The molecule has 0 spiro atoms. The molecule has 1 aromatic carbocycles. The average molecular weight is 175 g/mol. The molecule has 0 saturated carbocycles. The lowest BCUT2D eigenvalue weighted by Crippen LogP contribution is -1.99. The maximum atomic E-state index is 5.69. The fourth-order valence-corrected chi connectivity index (χ4v) is 1.67. The first-order valence-electron chi connectivity index (χ1n) is 4.34. The maximum Gasteiger partial charge on any atom is 0.0682 e. The quantitative estimate of drug-likeness (QED) is 0.710. The number of aryl methyl sites for hydroxylation is 2. The second-order valence-electron chi connectivity index (χ2n) is 3.27. The lowest BCUT2D eigenvalue weighted by molar-refractivity contribution is 0.797. The summed E-state index contributed by atoms with van der Waals surface area (Å²) in [6, 6.07) is 4.17. The summed E-state index contributed by atoms with van der Waals surface area (Å²) in [6.07, 6.45) is 1.88. The van der Waals surface area contributed by atoms with Gasteiger partial charge >= 0.3 is 0 Å². The van der Waals surface area contributed by atoms with Crippen molar-refractivity contribution < 1.29 is 0 Å². The molecular weight excluding hydrogens is 162 g/mol. The number of hydrogen-bond donors (Lipinski definition) is 1.